The van der Waals surface area contributed by atoms with Gasteiger partial charge in [-0.3, -0.25) is 0 Å². The highest BCUT2D eigenvalue weighted by Gasteiger charge is 2.31. The lowest BCUT2D eigenvalue weighted by Gasteiger charge is -2.22. The number of rotatable bonds is 9. The second-order valence-electron chi connectivity index (χ2n) is 9.73. The summed E-state index contributed by atoms with van der Waals surface area (Å²) in [7, 11) is 0. The molecule has 0 aliphatic rings. The third-order valence-corrected chi connectivity index (χ3v) is 5.62. The Hall–Kier alpha value is -3.26. The van der Waals surface area contributed by atoms with Crippen LogP contribution >= 0.6 is 0 Å². The number of alkyl carbamates (subject to hydrolysis) is 1. The molecule has 0 heterocycles. The van der Waals surface area contributed by atoms with Gasteiger partial charge < -0.3 is 19.9 Å². The van der Waals surface area contributed by atoms with Crippen LogP contribution in [0.25, 0.3) is 17.2 Å². The number of nitrogens with one attached hydrogen (secondary N) is 1. The lowest BCUT2D eigenvalue weighted by Crippen LogP contribution is -2.32. The molecule has 0 radical (unpaired) electrons. The molecule has 2 N–H and O–H groups in total. The summed E-state index contributed by atoms with van der Waals surface area (Å²) < 4.78 is 47.2. The predicted molar refractivity (Wildman–Crippen MR) is 140 cm³/mol. The molecule has 0 spiro atoms. The zero-order chi connectivity index (χ0) is 27.8. The van der Waals surface area contributed by atoms with E-state index in [0.29, 0.717) is 12.0 Å². The van der Waals surface area contributed by atoms with Crippen molar-refractivity contribution in [2.45, 2.75) is 72.9 Å². The fourth-order valence-electron chi connectivity index (χ4n) is 3.75. The number of hydrogen-bond donors (Lipinski definition) is 2. The van der Waals surface area contributed by atoms with Crippen LogP contribution in [-0.4, -0.2) is 29.8 Å². The van der Waals surface area contributed by atoms with Gasteiger partial charge in [0.15, 0.2) is 0 Å². The molecule has 0 saturated heterocycles. The van der Waals surface area contributed by atoms with Crippen molar-refractivity contribution >= 4 is 12.2 Å². The first-order chi connectivity index (χ1) is 17.2. The molecule has 5 nitrogen and oxygen atoms in total. The minimum absolute atomic E-state index is 0.0909. The van der Waals surface area contributed by atoms with Crippen molar-refractivity contribution in [3.05, 3.63) is 70.3 Å². The molecule has 0 fully saturated rings. The van der Waals surface area contributed by atoms with Crippen molar-refractivity contribution < 1.29 is 32.5 Å². The second kappa shape index (κ2) is 12.8. The van der Waals surface area contributed by atoms with Gasteiger partial charge in [0.1, 0.15) is 11.4 Å². The van der Waals surface area contributed by atoms with Crippen LogP contribution in [0.5, 0.6) is 5.75 Å². The first-order valence-corrected chi connectivity index (χ1v) is 12.2. The first-order valence-electron chi connectivity index (χ1n) is 12.2. The number of hydrogen-bond acceptors (Lipinski definition) is 4. The van der Waals surface area contributed by atoms with E-state index in [1.165, 1.54) is 17.7 Å². The molecule has 0 aromatic heterocycles. The molecule has 202 valence electrons. The Morgan fingerprint density at radius 3 is 2.32 bits per heavy atom. The zero-order valence-electron chi connectivity index (χ0n) is 22.3. The average molecular weight is 520 g/mol. The number of benzene rings is 2. The standard InChI is InChI=1S/C29H36F3NO4/c1-7-19(2)9-8-10-24-20(3)26(21-11-13-23(14-12-21)36-29(30,31)32)17-22(25(24)15-16-34)18-33-27(35)37-28(4,5)6/h8-14,17,34H,7,15-16,18H2,1-6H3,(H,33,35)/b10-8-,19-9+. The quantitative estimate of drug-likeness (QED) is 0.337. The third kappa shape index (κ3) is 9.61. The average Bonchev–Trinajstić information content (AvgIpc) is 2.78. The Balaban J connectivity index is 2.59. The number of ether oxygens (including phenoxy) is 2. The molecular weight excluding hydrogens is 483 g/mol. The van der Waals surface area contributed by atoms with Crippen LogP contribution in [0.1, 0.15) is 63.3 Å². The maximum Gasteiger partial charge on any atom is 0.573 e. The fourth-order valence-corrected chi connectivity index (χ4v) is 3.75. The Labute approximate surface area is 217 Å². The molecule has 0 saturated carbocycles. The molecule has 0 aliphatic heterocycles. The van der Waals surface area contributed by atoms with E-state index in [0.717, 1.165) is 34.2 Å². The number of amides is 1. The van der Waals surface area contributed by atoms with Gasteiger partial charge in [-0.05, 0) is 99.0 Å². The van der Waals surface area contributed by atoms with Gasteiger partial charge in [0.2, 0.25) is 0 Å². The van der Waals surface area contributed by atoms with E-state index >= 15 is 0 Å². The number of alkyl halides is 3. The normalized spacial score (nSPS) is 12.6. The summed E-state index contributed by atoms with van der Waals surface area (Å²) in [5.41, 5.74) is 5.43. The maximum absolute atomic E-state index is 12.6. The topological polar surface area (TPSA) is 67.8 Å². The van der Waals surface area contributed by atoms with Crippen LogP contribution < -0.4 is 10.1 Å². The summed E-state index contributed by atoms with van der Waals surface area (Å²) in [4.78, 5) is 12.3. The molecule has 0 aliphatic carbocycles. The Morgan fingerprint density at radius 1 is 1.14 bits per heavy atom. The molecule has 0 atom stereocenters. The SMILES string of the molecule is CC/C(C)=C/C=C\c1c(C)c(-c2ccc(OC(F)(F)F)cc2)cc(CNC(=O)OC(C)(C)C)c1CCO. The Kier molecular flexibility index (Phi) is 10.4. The number of aliphatic hydroxyl groups is 1. The third-order valence-electron chi connectivity index (χ3n) is 5.62. The second-order valence-corrected chi connectivity index (χ2v) is 9.73. The van der Waals surface area contributed by atoms with Crippen molar-refractivity contribution in [1.29, 1.82) is 0 Å². The monoisotopic (exact) mass is 519 g/mol. The highest BCUT2D eigenvalue weighted by molar-refractivity contribution is 5.77. The van der Waals surface area contributed by atoms with Crippen molar-refractivity contribution in [3.8, 4) is 16.9 Å². The van der Waals surface area contributed by atoms with E-state index in [4.69, 9.17) is 4.74 Å². The highest BCUT2D eigenvalue weighted by Crippen LogP contribution is 2.34. The van der Waals surface area contributed by atoms with E-state index in [1.54, 1.807) is 32.9 Å². The minimum Gasteiger partial charge on any atom is -0.444 e. The van der Waals surface area contributed by atoms with Gasteiger partial charge in [-0.15, -0.1) is 13.2 Å². The summed E-state index contributed by atoms with van der Waals surface area (Å²) in [6, 6.07) is 7.56. The molecule has 2 rings (SSSR count). The minimum atomic E-state index is -4.77. The van der Waals surface area contributed by atoms with Gasteiger partial charge in [-0.25, -0.2) is 4.79 Å². The molecule has 37 heavy (non-hydrogen) atoms. The summed E-state index contributed by atoms with van der Waals surface area (Å²) in [5, 5.41) is 12.6. The van der Waals surface area contributed by atoms with Crippen LogP contribution in [0.2, 0.25) is 0 Å². The molecular formula is C29H36F3NO4. The van der Waals surface area contributed by atoms with E-state index < -0.39 is 18.1 Å². The lowest BCUT2D eigenvalue weighted by molar-refractivity contribution is -0.274. The van der Waals surface area contributed by atoms with E-state index in [2.05, 4.69) is 17.0 Å². The van der Waals surface area contributed by atoms with Crippen molar-refractivity contribution in [2.24, 2.45) is 0 Å². The van der Waals surface area contributed by atoms with Crippen LogP contribution in [0.4, 0.5) is 18.0 Å². The zero-order valence-corrected chi connectivity index (χ0v) is 22.3. The Morgan fingerprint density at radius 2 is 1.78 bits per heavy atom. The Bertz CT molecular complexity index is 1130. The fraction of sp³-hybridized carbons (Fsp3) is 0.414. The van der Waals surface area contributed by atoms with Gasteiger partial charge in [0.25, 0.3) is 0 Å². The maximum atomic E-state index is 12.6. The molecule has 8 heteroatoms. The number of allylic oxidation sites excluding steroid dienone is 3. The first kappa shape index (κ1) is 30.0. The van der Waals surface area contributed by atoms with Crippen LogP contribution in [-0.2, 0) is 17.7 Å². The summed E-state index contributed by atoms with van der Waals surface area (Å²) in [5.74, 6) is -0.307. The summed E-state index contributed by atoms with van der Waals surface area (Å²) >= 11 is 0. The summed E-state index contributed by atoms with van der Waals surface area (Å²) in [6.07, 6.45) is 1.84. The van der Waals surface area contributed by atoms with Gasteiger partial charge >= 0.3 is 12.5 Å². The van der Waals surface area contributed by atoms with Gasteiger partial charge in [-0.1, -0.05) is 42.9 Å². The molecule has 1 amide bonds. The van der Waals surface area contributed by atoms with Crippen molar-refractivity contribution in [1.82, 2.24) is 5.32 Å². The molecule has 2 aromatic carbocycles. The number of halogens is 3. The van der Waals surface area contributed by atoms with Crippen LogP contribution in [0.3, 0.4) is 0 Å². The van der Waals surface area contributed by atoms with Gasteiger partial charge in [-0.2, -0.15) is 0 Å². The summed E-state index contributed by atoms with van der Waals surface area (Å²) in [6.45, 7) is 11.4. The van der Waals surface area contributed by atoms with Crippen LogP contribution in [0, 0.1) is 6.92 Å². The molecule has 2 aromatic rings. The number of carbonyl (C=O) groups is 1. The molecule has 0 unspecified atom stereocenters. The van der Waals surface area contributed by atoms with Crippen molar-refractivity contribution in [2.75, 3.05) is 6.61 Å². The van der Waals surface area contributed by atoms with E-state index in [9.17, 15) is 23.1 Å². The van der Waals surface area contributed by atoms with Gasteiger partial charge in [0.05, 0.1) is 0 Å². The highest BCUT2D eigenvalue weighted by atomic mass is 19.4. The van der Waals surface area contributed by atoms with E-state index in [1.807, 2.05) is 38.1 Å². The largest absolute Gasteiger partial charge is 0.573 e. The number of aliphatic hydroxyl groups excluding tert-OH is 1. The smallest absolute Gasteiger partial charge is 0.444 e. The van der Waals surface area contributed by atoms with Crippen molar-refractivity contribution in [3.63, 3.8) is 0 Å². The molecule has 0 bridgehead atoms. The lowest BCUT2D eigenvalue weighted by atomic mass is 9.87. The van der Waals surface area contributed by atoms with E-state index in [-0.39, 0.29) is 18.9 Å². The van der Waals surface area contributed by atoms with Gasteiger partial charge in [0, 0.05) is 13.2 Å². The van der Waals surface area contributed by atoms with Crippen LogP contribution in [0.15, 0.2) is 48.1 Å². The predicted octanol–water partition coefficient (Wildman–Crippen LogP) is 7.49. The number of carbonyl (C=O) groups excluding carboxylic acids is 1.